The maximum atomic E-state index is 11.5. The number of carboxylic acid groups (broad SMARTS) is 1. The van der Waals surface area contributed by atoms with Gasteiger partial charge in [-0.15, -0.1) is 11.3 Å². The van der Waals surface area contributed by atoms with Gasteiger partial charge in [-0.1, -0.05) is 13.8 Å². The smallest absolute Gasteiger partial charge is 0.347 e. The van der Waals surface area contributed by atoms with E-state index in [0.29, 0.717) is 23.2 Å². The molecule has 0 unspecified atom stereocenters. The van der Waals surface area contributed by atoms with Gasteiger partial charge in [0.05, 0.1) is 12.2 Å². The SMILES string of the molecule is Cc1nc(CNC(=O)NCCC(C)C)sc1C(=O)O. The lowest BCUT2D eigenvalue weighted by atomic mass is 10.1. The monoisotopic (exact) mass is 285 g/mol. The van der Waals surface area contributed by atoms with Gasteiger partial charge in [0.2, 0.25) is 0 Å². The number of carboxylic acids is 1. The number of aryl methyl sites for hydroxylation is 1. The van der Waals surface area contributed by atoms with Crippen molar-refractivity contribution in [1.29, 1.82) is 0 Å². The van der Waals surface area contributed by atoms with E-state index in [1.807, 2.05) is 0 Å². The fraction of sp³-hybridized carbons (Fsp3) is 0.583. The van der Waals surface area contributed by atoms with Gasteiger partial charge in [0, 0.05) is 6.54 Å². The fourth-order valence-corrected chi connectivity index (χ4v) is 2.26. The Morgan fingerprint density at radius 3 is 2.58 bits per heavy atom. The van der Waals surface area contributed by atoms with Crippen LogP contribution in [0.15, 0.2) is 0 Å². The summed E-state index contributed by atoms with van der Waals surface area (Å²) in [6, 6.07) is -0.259. The highest BCUT2D eigenvalue weighted by Crippen LogP contribution is 2.17. The molecule has 0 spiro atoms. The van der Waals surface area contributed by atoms with Crippen molar-refractivity contribution >= 4 is 23.3 Å². The van der Waals surface area contributed by atoms with Crippen LogP contribution in [0.2, 0.25) is 0 Å². The number of nitrogens with zero attached hydrogens (tertiary/aromatic N) is 1. The standard InChI is InChI=1S/C12H19N3O3S/c1-7(2)4-5-13-12(18)14-6-9-15-8(3)10(19-9)11(16)17/h7H,4-6H2,1-3H3,(H,16,17)(H2,13,14,18). The molecule has 0 aromatic carbocycles. The zero-order chi connectivity index (χ0) is 14.4. The normalized spacial score (nSPS) is 10.5. The maximum Gasteiger partial charge on any atom is 0.347 e. The van der Waals surface area contributed by atoms with Crippen LogP contribution in [-0.2, 0) is 6.54 Å². The first kappa shape index (κ1) is 15.4. The Kier molecular flexibility index (Phi) is 5.75. The molecule has 106 valence electrons. The molecule has 0 atom stereocenters. The summed E-state index contributed by atoms with van der Waals surface area (Å²) in [7, 11) is 0. The Bertz CT molecular complexity index is 457. The Morgan fingerprint density at radius 1 is 1.37 bits per heavy atom. The molecule has 0 saturated carbocycles. The minimum Gasteiger partial charge on any atom is -0.477 e. The van der Waals surface area contributed by atoms with Crippen molar-refractivity contribution in [3.8, 4) is 0 Å². The number of rotatable bonds is 6. The Morgan fingerprint density at radius 2 is 2.05 bits per heavy atom. The average Bonchev–Trinajstić information content (AvgIpc) is 2.67. The predicted octanol–water partition coefficient (Wildman–Crippen LogP) is 2.00. The van der Waals surface area contributed by atoms with Gasteiger partial charge in [-0.25, -0.2) is 14.6 Å². The van der Waals surface area contributed by atoms with E-state index in [4.69, 9.17) is 5.11 Å². The fourth-order valence-electron chi connectivity index (χ4n) is 1.42. The van der Waals surface area contributed by atoms with Crippen molar-refractivity contribution in [2.75, 3.05) is 6.54 Å². The summed E-state index contributed by atoms with van der Waals surface area (Å²) >= 11 is 1.09. The topological polar surface area (TPSA) is 91.3 Å². The molecule has 0 bridgehead atoms. The second kappa shape index (κ2) is 7.08. The first-order chi connectivity index (χ1) is 8.90. The molecule has 3 N–H and O–H groups in total. The number of amides is 2. The predicted molar refractivity (Wildman–Crippen MR) is 73.5 cm³/mol. The van der Waals surface area contributed by atoms with E-state index in [1.165, 1.54) is 0 Å². The van der Waals surface area contributed by atoms with Crippen LogP contribution in [-0.4, -0.2) is 28.6 Å². The highest BCUT2D eigenvalue weighted by Gasteiger charge is 2.14. The van der Waals surface area contributed by atoms with E-state index in [1.54, 1.807) is 6.92 Å². The third kappa shape index (κ3) is 5.25. The largest absolute Gasteiger partial charge is 0.477 e. The zero-order valence-corrected chi connectivity index (χ0v) is 12.1. The molecule has 0 aliphatic rings. The maximum absolute atomic E-state index is 11.5. The minimum atomic E-state index is -0.984. The van der Waals surface area contributed by atoms with Gasteiger partial charge in [-0.3, -0.25) is 0 Å². The van der Waals surface area contributed by atoms with Gasteiger partial charge in [0.15, 0.2) is 0 Å². The molecule has 0 aliphatic heterocycles. The lowest BCUT2D eigenvalue weighted by Gasteiger charge is -2.07. The van der Waals surface area contributed by atoms with Crippen LogP contribution < -0.4 is 10.6 Å². The highest BCUT2D eigenvalue weighted by molar-refractivity contribution is 7.13. The molecular formula is C12H19N3O3S. The summed E-state index contributed by atoms with van der Waals surface area (Å²) in [4.78, 5) is 26.6. The number of nitrogens with one attached hydrogen (secondary N) is 2. The molecule has 1 aromatic rings. The van der Waals surface area contributed by atoms with Crippen LogP contribution in [0.4, 0.5) is 4.79 Å². The van der Waals surface area contributed by atoms with Gasteiger partial charge in [-0.05, 0) is 19.3 Å². The summed E-state index contributed by atoms with van der Waals surface area (Å²) in [5, 5.41) is 14.9. The number of thiazole rings is 1. The number of carbonyl (C=O) groups excluding carboxylic acids is 1. The van der Waals surface area contributed by atoms with E-state index in [0.717, 1.165) is 17.8 Å². The molecule has 7 heteroatoms. The second-order valence-corrected chi connectivity index (χ2v) is 5.70. The number of urea groups is 1. The van der Waals surface area contributed by atoms with Crippen LogP contribution in [0, 0.1) is 12.8 Å². The molecule has 0 aliphatic carbocycles. The first-order valence-corrected chi connectivity index (χ1v) is 6.93. The number of hydrogen-bond donors (Lipinski definition) is 3. The summed E-state index contributed by atoms with van der Waals surface area (Å²) in [5.74, 6) is -0.442. The Balaban J connectivity index is 2.38. The molecule has 19 heavy (non-hydrogen) atoms. The molecule has 1 rings (SSSR count). The van der Waals surface area contributed by atoms with E-state index in [-0.39, 0.29) is 17.5 Å². The van der Waals surface area contributed by atoms with Crippen LogP contribution in [0.5, 0.6) is 0 Å². The van der Waals surface area contributed by atoms with Gasteiger partial charge >= 0.3 is 12.0 Å². The third-order valence-corrected chi connectivity index (χ3v) is 3.59. The number of carbonyl (C=O) groups is 2. The summed E-state index contributed by atoms with van der Waals surface area (Å²) in [6.45, 7) is 6.69. The van der Waals surface area contributed by atoms with Crippen LogP contribution in [0.1, 0.15) is 40.6 Å². The second-order valence-electron chi connectivity index (χ2n) is 4.62. The number of hydrogen-bond acceptors (Lipinski definition) is 4. The van der Waals surface area contributed by atoms with Crippen molar-refractivity contribution in [2.45, 2.75) is 33.7 Å². The van der Waals surface area contributed by atoms with Gasteiger partial charge < -0.3 is 15.7 Å². The van der Waals surface area contributed by atoms with E-state index >= 15 is 0 Å². The highest BCUT2D eigenvalue weighted by atomic mass is 32.1. The van der Waals surface area contributed by atoms with Crippen LogP contribution >= 0.6 is 11.3 Å². The van der Waals surface area contributed by atoms with Crippen LogP contribution in [0.25, 0.3) is 0 Å². The first-order valence-electron chi connectivity index (χ1n) is 6.11. The molecule has 0 radical (unpaired) electrons. The molecule has 1 heterocycles. The van der Waals surface area contributed by atoms with E-state index in [9.17, 15) is 9.59 Å². The zero-order valence-electron chi connectivity index (χ0n) is 11.3. The Labute approximate surface area is 116 Å². The lowest BCUT2D eigenvalue weighted by Crippen LogP contribution is -2.35. The van der Waals surface area contributed by atoms with E-state index < -0.39 is 5.97 Å². The minimum absolute atomic E-state index is 0.219. The van der Waals surface area contributed by atoms with Crippen molar-refractivity contribution in [3.63, 3.8) is 0 Å². The van der Waals surface area contributed by atoms with Crippen molar-refractivity contribution in [3.05, 3.63) is 15.6 Å². The van der Waals surface area contributed by atoms with Crippen molar-refractivity contribution in [2.24, 2.45) is 5.92 Å². The third-order valence-electron chi connectivity index (χ3n) is 2.44. The summed E-state index contributed by atoms with van der Waals surface area (Å²) in [5.41, 5.74) is 0.481. The number of aromatic nitrogens is 1. The van der Waals surface area contributed by atoms with Crippen molar-refractivity contribution in [1.82, 2.24) is 15.6 Å². The van der Waals surface area contributed by atoms with Gasteiger partial charge in [0.25, 0.3) is 0 Å². The molecular weight excluding hydrogens is 266 g/mol. The quantitative estimate of drug-likeness (QED) is 0.745. The Hall–Kier alpha value is -1.63. The molecule has 6 nitrogen and oxygen atoms in total. The summed E-state index contributed by atoms with van der Waals surface area (Å²) in [6.07, 6.45) is 0.924. The number of aromatic carboxylic acids is 1. The van der Waals surface area contributed by atoms with Gasteiger partial charge in [0.1, 0.15) is 9.88 Å². The van der Waals surface area contributed by atoms with Crippen molar-refractivity contribution < 1.29 is 14.7 Å². The van der Waals surface area contributed by atoms with Crippen LogP contribution in [0.3, 0.4) is 0 Å². The lowest BCUT2D eigenvalue weighted by molar-refractivity contribution is 0.0701. The molecule has 0 fully saturated rings. The van der Waals surface area contributed by atoms with Gasteiger partial charge in [-0.2, -0.15) is 0 Å². The molecule has 0 saturated heterocycles. The molecule has 1 aromatic heterocycles. The average molecular weight is 285 g/mol. The summed E-state index contributed by atoms with van der Waals surface area (Å²) < 4.78 is 0. The van der Waals surface area contributed by atoms with E-state index in [2.05, 4.69) is 29.5 Å². The molecule has 2 amide bonds.